The molecule has 2 aromatic rings. The van der Waals surface area contributed by atoms with Gasteiger partial charge in [0.15, 0.2) is 15.3 Å². The summed E-state index contributed by atoms with van der Waals surface area (Å²) in [5, 5.41) is 18.4. The average Bonchev–Trinajstić information content (AvgIpc) is 3.27. The zero-order valence-corrected chi connectivity index (χ0v) is 13.4. The smallest absolute Gasteiger partial charge is 0.184 e. The molecule has 0 saturated heterocycles. The molecule has 1 aliphatic carbocycles. The van der Waals surface area contributed by atoms with E-state index < -0.39 is 26.4 Å². The number of nitrogens with zero attached hydrogens (tertiary/aromatic N) is 2. The van der Waals surface area contributed by atoms with Crippen LogP contribution in [0.1, 0.15) is 11.5 Å². The minimum absolute atomic E-state index is 0.122. The second-order valence-electron chi connectivity index (χ2n) is 5.40. The van der Waals surface area contributed by atoms with E-state index in [1.807, 2.05) is 12.1 Å². The van der Waals surface area contributed by atoms with Gasteiger partial charge < -0.3 is 0 Å². The molecule has 1 saturated carbocycles. The molecule has 114 valence electrons. The molecular formula is C17H11ClN2O2S. The Morgan fingerprint density at radius 3 is 2.04 bits per heavy atom. The Morgan fingerprint density at radius 1 is 0.957 bits per heavy atom. The number of nitriles is 2. The fraction of sp³-hybridized carbons (Fsp3) is 0.176. The quantitative estimate of drug-likeness (QED) is 0.856. The van der Waals surface area contributed by atoms with E-state index in [0.29, 0.717) is 10.6 Å². The second kappa shape index (κ2) is 5.38. The fourth-order valence-corrected chi connectivity index (χ4v) is 5.28. The summed E-state index contributed by atoms with van der Waals surface area (Å²) in [5.74, 6) is -0.681. The molecule has 0 heterocycles. The van der Waals surface area contributed by atoms with Gasteiger partial charge in [-0.05, 0) is 29.8 Å². The van der Waals surface area contributed by atoms with Crippen LogP contribution in [0, 0.1) is 28.1 Å². The van der Waals surface area contributed by atoms with E-state index >= 15 is 0 Å². The lowest BCUT2D eigenvalue weighted by molar-refractivity contribution is 0.591. The number of halogens is 1. The topological polar surface area (TPSA) is 81.7 Å². The van der Waals surface area contributed by atoms with Crippen molar-refractivity contribution < 1.29 is 8.42 Å². The van der Waals surface area contributed by atoms with Gasteiger partial charge in [0.2, 0.25) is 0 Å². The summed E-state index contributed by atoms with van der Waals surface area (Å²) in [5.41, 5.74) is -0.940. The van der Waals surface area contributed by atoms with Crippen molar-refractivity contribution in [3.63, 3.8) is 0 Å². The van der Waals surface area contributed by atoms with Gasteiger partial charge in [0.05, 0.1) is 17.0 Å². The van der Waals surface area contributed by atoms with Gasteiger partial charge in [0.1, 0.15) is 5.25 Å². The predicted octanol–water partition coefficient (Wildman–Crippen LogP) is 3.31. The van der Waals surface area contributed by atoms with Gasteiger partial charge in [-0.25, -0.2) is 8.42 Å². The summed E-state index contributed by atoms with van der Waals surface area (Å²) >= 11 is 5.85. The van der Waals surface area contributed by atoms with E-state index in [4.69, 9.17) is 11.6 Å². The highest BCUT2D eigenvalue weighted by Gasteiger charge is 2.73. The third kappa shape index (κ3) is 2.30. The molecule has 0 spiro atoms. The molecule has 0 unspecified atom stereocenters. The third-order valence-electron chi connectivity index (χ3n) is 4.14. The van der Waals surface area contributed by atoms with Crippen LogP contribution in [0.4, 0.5) is 0 Å². The number of rotatable bonds is 3. The first-order chi connectivity index (χ1) is 11.0. The molecule has 1 aliphatic rings. The first-order valence-electron chi connectivity index (χ1n) is 6.84. The van der Waals surface area contributed by atoms with Gasteiger partial charge in [-0.15, -0.1) is 0 Å². The molecule has 2 atom stereocenters. The van der Waals surface area contributed by atoms with E-state index in [2.05, 4.69) is 0 Å². The molecular weight excluding hydrogens is 332 g/mol. The van der Waals surface area contributed by atoms with Crippen molar-refractivity contribution >= 4 is 21.4 Å². The number of hydrogen-bond donors (Lipinski definition) is 0. The summed E-state index contributed by atoms with van der Waals surface area (Å²) in [6.45, 7) is 0. The van der Waals surface area contributed by atoms with Crippen LogP contribution in [0.3, 0.4) is 0 Å². The number of sulfone groups is 1. The molecule has 0 aromatic heterocycles. The van der Waals surface area contributed by atoms with Crippen LogP contribution in [0.25, 0.3) is 0 Å². The van der Waals surface area contributed by atoms with Crippen LogP contribution in [-0.2, 0) is 9.84 Å². The van der Waals surface area contributed by atoms with E-state index in [1.165, 1.54) is 12.1 Å². The highest BCUT2D eigenvalue weighted by atomic mass is 35.5. The van der Waals surface area contributed by atoms with Crippen LogP contribution in [0.5, 0.6) is 0 Å². The standard InChI is InChI=1S/C17H11ClN2O2S/c18-13-8-6-12(7-9-13)15-16(17(15,10-19)11-20)23(21,22)14-4-2-1-3-5-14/h1-9,15-16H/t15-,16-/m0/s1. The molecule has 0 N–H and O–H groups in total. The van der Waals surface area contributed by atoms with E-state index in [9.17, 15) is 18.9 Å². The Labute approximate surface area is 139 Å². The lowest BCUT2D eigenvalue weighted by Gasteiger charge is -2.03. The number of hydrogen-bond acceptors (Lipinski definition) is 4. The lowest BCUT2D eigenvalue weighted by atomic mass is 10.0. The van der Waals surface area contributed by atoms with E-state index in [0.717, 1.165) is 0 Å². The second-order valence-corrected chi connectivity index (χ2v) is 7.91. The van der Waals surface area contributed by atoms with Crippen molar-refractivity contribution in [2.75, 3.05) is 0 Å². The molecule has 2 aromatic carbocycles. The van der Waals surface area contributed by atoms with Crippen LogP contribution >= 0.6 is 11.6 Å². The highest BCUT2D eigenvalue weighted by molar-refractivity contribution is 7.92. The molecule has 4 nitrogen and oxygen atoms in total. The van der Waals surface area contributed by atoms with Crippen molar-refractivity contribution in [3.05, 3.63) is 65.2 Å². The Bertz CT molecular complexity index is 911. The van der Waals surface area contributed by atoms with Gasteiger partial charge in [0, 0.05) is 10.9 Å². The minimum atomic E-state index is -3.78. The van der Waals surface area contributed by atoms with Gasteiger partial charge in [-0.2, -0.15) is 10.5 Å². The molecule has 0 bridgehead atoms. The summed E-state index contributed by atoms with van der Waals surface area (Å²) in [6, 6.07) is 18.3. The normalized spacial score (nSPS) is 21.9. The van der Waals surface area contributed by atoms with E-state index in [-0.39, 0.29) is 4.90 Å². The van der Waals surface area contributed by atoms with Crippen molar-refractivity contribution in [3.8, 4) is 12.1 Å². The molecule has 0 radical (unpaired) electrons. The summed E-state index contributed by atoms with van der Waals surface area (Å²) in [4.78, 5) is 0.122. The first-order valence-corrected chi connectivity index (χ1v) is 8.77. The molecule has 0 amide bonds. The van der Waals surface area contributed by atoms with Gasteiger partial charge in [-0.1, -0.05) is 41.9 Å². The zero-order valence-electron chi connectivity index (χ0n) is 11.8. The van der Waals surface area contributed by atoms with Crippen LogP contribution in [0.15, 0.2) is 59.5 Å². The monoisotopic (exact) mass is 342 g/mol. The predicted molar refractivity (Wildman–Crippen MR) is 85.3 cm³/mol. The van der Waals surface area contributed by atoms with Gasteiger partial charge in [-0.3, -0.25) is 0 Å². The highest BCUT2D eigenvalue weighted by Crippen LogP contribution is 2.63. The summed E-state index contributed by atoms with van der Waals surface area (Å²) in [6.07, 6.45) is 0. The minimum Gasteiger partial charge on any atom is -0.223 e. The van der Waals surface area contributed by atoms with Gasteiger partial charge >= 0.3 is 0 Å². The van der Waals surface area contributed by atoms with Crippen molar-refractivity contribution in [2.45, 2.75) is 16.1 Å². The van der Waals surface area contributed by atoms with Crippen molar-refractivity contribution in [1.29, 1.82) is 10.5 Å². The maximum Gasteiger partial charge on any atom is 0.184 e. The van der Waals surface area contributed by atoms with Crippen LogP contribution < -0.4 is 0 Å². The Kier molecular flexibility index (Phi) is 3.64. The maximum absolute atomic E-state index is 12.9. The summed E-state index contributed by atoms with van der Waals surface area (Å²) < 4.78 is 25.7. The lowest BCUT2D eigenvalue weighted by Crippen LogP contribution is -2.14. The number of benzene rings is 2. The maximum atomic E-state index is 12.9. The Balaban J connectivity index is 2.10. The van der Waals surface area contributed by atoms with Crippen molar-refractivity contribution in [1.82, 2.24) is 0 Å². The van der Waals surface area contributed by atoms with Crippen LogP contribution in [0.2, 0.25) is 5.02 Å². The SMILES string of the molecule is N#CC1(C#N)[C@@H](c2ccc(Cl)cc2)[C@@H]1S(=O)(=O)c1ccccc1. The molecule has 6 heteroatoms. The fourth-order valence-electron chi connectivity index (χ4n) is 2.94. The Morgan fingerprint density at radius 2 is 1.52 bits per heavy atom. The van der Waals surface area contributed by atoms with Crippen LogP contribution in [-0.4, -0.2) is 13.7 Å². The molecule has 1 fully saturated rings. The average molecular weight is 343 g/mol. The largest absolute Gasteiger partial charge is 0.223 e. The zero-order chi connectivity index (χ0) is 16.7. The van der Waals surface area contributed by atoms with E-state index in [1.54, 1.807) is 42.5 Å². The van der Waals surface area contributed by atoms with Gasteiger partial charge in [0.25, 0.3) is 0 Å². The summed E-state index contributed by atoms with van der Waals surface area (Å²) in [7, 11) is -3.78. The molecule has 0 aliphatic heterocycles. The molecule has 23 heavy (non-hydrogen) atoms. The third-order valence-corrected chi connectivity index (χ3v) is 6.63. The first kappa shape index (κ1) is 15.6. The Hall–Kier alpha value is -2.34. The van der Waals surface area contributed by atoms with Crippen molar-refractivity contribution in [2.24, 2.45) is 5.41 Å². The molecule has 3 rings (SSSR count).